The molecule has 144 valence electrons. The number of hydrogen-bond donors (Lipinski definition) is 1. The predicted octanol–water partition coefficient (Wildman–Crippen LogP) is 2.58. The van der Waals surface area contributed by atoms with Gasteiger partial charge in [0.1, 0.15) is 0 Å². The molecule has 0 aliphatic carbocycles. The van der Waals surface area contributed by atoms with Gasteiger partial charge in [-0.1, -0.05) is 0 Å². The summed E-state index contributed by atoms with van der Waals surface area (Å²) in [5.41, 5.74) is 0.303. The Hall–Kier alpha value is -2.28. The minimum Gasteiger partial charge on any atom is -0.490 e. The monoisotopic (exact) mass is 365 g/mol. The van der Waals surface area contributed by atoms with Gasteiger partial charge in [0.05, 0.1) is 12.2 Å². The summed E-state index contributed by atoms with van der Waals surface area (Å²) >= 11 is 0. The average Bonchev–Trinajstić information content (AvgIpc) is 2.82. The summed E-state index contributed by atoms with van der Waals surface area (Å²) < 4.78 is 16.3. The lowest BCUT2D eigenvalue weighted by molar-refractivity contribution is -0.139. The van der Waals surface area contributed by atoms with Gasteiger partial charge in [-0.3, -0.25) is 4.79 Å². The molecule has 0 aromatic heterocycles. The standard InChI is InChI=1S/C19H27NO6/c1-4-25-16-12-14(6-7-15(16)26-13-17(21)22)18(23)20-10-5-8-19(2,24-3)9-11-20/h6-7,12H,4-5,8-11,13H2,1-3H3,(H,21,22). The number of aliphatic carboxylic acids is 1. The third-order valence-electron chi connectivity index (χ3n) is 4.67. The van der Waals surface area contributed by atoms with Crippen LogP contribution < -0.4 is 9.47 Å². The van der Waals surface area contributed by atoms with Crippen molar-refractivity contribution in [3.8, 4) is 11.5 Å². The summed E-state index contributed by atoms with van der Waals surface area (Å²) in [5, 5.41) is 8.76. The van der Waals surface area contributed by atoms with E-state index in [1.807, 2.05) is 11.8 Å². The molecule has 0 saturated carbocycles. The SMILES string of the molecule is CCOc1cc(C(=O)N2CCCC(C)(OC)CC2)ccc1OCC(=O)O. The topological polar surface area (TPSA) is 85.3 Å². The van der Waals surface area contributed by atoms with Crippen molar-refractivity contribution >= 4 is 11.9 Å². The van der Waals surface area contributed by atoms with Crippen LogP contribution in [0.4, 0.5) is 0 Å². The quantitative estimate of drug-likeness (QED) is 0.799. The molecule has 7 heteroatoms. The van der Waals surface area contributed by atoms with Crippen molar-refractivity contribution < 1.29 is 28.9 Å². The van der Waals surface area contributed by atoms with Crippen LogP contribution in [0.25, 0.3) is 0 Å². The molecule has 1 amide bonds. The zero-order chi connectivity index (χ0) is 19.2. The molecule has 1 saturated heterocycles. The van der Waals surface area contributed by atoms with Gasteiger partial charge in [-0.25, -0.2) is 4.79 Å². The van der Waals surface area contributed by atoms with Gasteiger partial charge in [0.2, 0.25) is 0 Å². The van der Waals surface area contributed by atoms with Crippen LogP contribution >= 0.6 is 0 Å². The zero-order valence-corrected chi connectivity index (χ0v) is 15.6. The molecule has 7 nitrogen and oxygen atoms in total. The molecular weight excluding hydrogens is 338 g/mol. The number of carboxylic acids is 1. The van der Waals surface area contributed by atoms with Crippen molar-refractivity contribution in [2.45, 2.75) is 38.7 Å². The maximum Gasteiger partial charge on any atom is 0.341 e. The summed E-state index contributed by atoms with van der Waals surface area (Å²) in [6.45, 7) is 5.12. The van der Waals surface area contributed by atoms with Gasteiger partial charge in [-0.15, -0.1) is 0 Å². The summed E-state index contributed by atoms with van der Waals surface area (Å²) in [4.78, 5) is 25.4. The van der Waals surface area contributed by atoms with E-state index >= 15 is 0 Å². The van der Waals surface area contributed by atoms with Crippen molar-refractivity contribution in [2.75, 3.05) is 33.4 Å². The number of carbonyl (C=O) groups is 2. The highest BCUT2D eigenvalue weighted by molar-refractivity contribution is 5.95. The Morgan fingerprint density at radius 1 is 1.19 bits per heavy atom. The van der Waals surface area contributed by atoms with Gasteiger partial charge in [0, 0.05) is 25.8 Å². The van der Waals surface area contributed by atoms with Crippen LogP contribution in [0.2, 0.25) is 0 Å². The average molecular weight is 365 g/mol. The number of amides is 1. The number of carbonyl (C=O) groups excluding carboxylic acids is 1. The fourth-order valence-electron chi connectivity index (χ4n) is 3.01. The van der Waals surface area contributed by atoms with E-state index in [1.165, 1.54) is 0 Å². The van der Waals surface area contributed by atoms with E-state index in [0.717, 1.165) is 19.3 Å². The van der Waals surface area contributed by atoms with Gasteiger partial charge in [-0.05, 0) is 51.3 Å². The Balaban J connectivity index is 2.15. The minimum atomic E-state index is -1.07. The normalized spacial score (nSPS) is 20.3. The summed E-state index contributed by atoms with van der Waals surface area (Å²) in [6.07, 6.45) is 2.58. The number of hydrogen-bond acceptors (Lipinski definition) is 5. The van der Waals surface area contributed by atoms with Crippen molar-refractivity contribution in [1.29, 1.82) is 0 Å². The summed E-state index contributed by atoms with van der Waals surface area (Å²) in [5.74, 6) is -0.459. The second-order valence-electron chi connectivity index (χ2n) is 6.58. The van der Waals surface area contributed by atoms with Crippen LogP contribution in [0.1, 0.15) is 43.5 Å². The first kappa shape index (κ1) is 20.0. The highest BCUT2D eigenvalue weighted by atomic mass is 16.5. The van der Waals surface area contributed by atoms with Crippen LogP contribution in [0.5, 0.6) is 11.5 Å². The highest BCUT2D eigenvalue weighted by Crippen LogP contribution is 2.30. The van der Waals surface area contributed by atoms with Gasteiger partial charge >= 0.3 is 5.97 Å². The van der Waals surface area contributed by atoms with Crippen molar-refractivity contribution in [3.63, 3.8) is 0 Å². The number of rotatable bonds is 7. The number of benzene rings is 1. The molecule has 1 aromatic carbocycles. The first-order chi connectivity index (χ1) is 12.4. The molecule has 1 N–H and O–H groups in total. The van der Waals surface area contributed by atoms with Crippen LogP contribution in [0, 0.1) is 0 Å². The van der Waals surface area contributed by atoms with Gasteiger partial charge < -0.3 is 24.2 Å². The highest BCUT2D eigenvalue weighted by Gasteiger charge is 2.29. The Labute approximate surface area is 153 Å². The van der Waals surface area contributed by atoms with Crippen LogP contribution in [0.3, 0.4) is 0 Å². The molecule has 1 heterocycles. The van der Waals surface area contributed by atoms with E-state index in [0.29, 0.717) is 36.8 Å². The molecule has 1 aliphatic heterocycles. The van der Waals surface area contributed by atoms with E-state index in [1.54, 1.807) is 25.3 Å². The minimum absolute atomic E-state index is 0.0731. The molecule has 26 heavy (non-hydrogen) atoms. The third kappa shape index (κ3) is 5.11. The summed E-state index contributed by atoms with van der Waals surface area (Å²) in [6, 6.07) is 4.84. The molecular formula is C19H27NO6. The Kier molecular flexibility index (Phi) is 6.85. The third-order valence-corrected chi connectivity index (χ3v) is 4.67. The molecule has 2 rings (SSSR count). The van der Waals surface area contributed by atoms with Crippen LogP contribution in [0.15, 0.2) is 18.2 Å². The first-order valence-electron chi connectivity index (χ1n) is 8.84. The van der Waals surface area contributed by atoms with Gasteiger partial charge in [-0.2, -0.15) is 0 Å². The summed E-state index contributed by atoms with van der Waals surface area (Å²) in [7, 11) is 1.71. The first-order valence-corrected chi connectivity index (χ1v) is 8.84. The second-order valence-corrected chi connectivity index (χ2v) is 6.58. The molecule has 1 fully saturated rings. The smallest absolute Gasteiger partial charge is 0.341 e. The molecule has 0 spiro atoms. The van der Waals surface area contributed by atoms with Crippen molar-refractivity contribution in [1.82, 2.24) is 4.90 Å². The maximum absolute atomic E-state index is 12.9. The zero-order valence-electron chi connectivity index (χ0n) is 15.6. The van der Waals surface area contributed by atoms with Crippen molar-refractivity contribution in [2.24, 2.45) is 0 Å². The fourth-order valence-corrected chi connectivity index (χ4v) is 3.01. The Morgan fingerprint density at radius 2 is 1.96 bits per heavy atom. The Bertz CT molecular complexity index is 647. The van der Waals surface area contributed by atoms with Gasteiger partial charge in [0.15, 0.2) is 18.1 Å². The van der Waals surface area contributed by atoms with E-state index in [4.69, 9.17) is 19.3 Å². The largest absolute Gasteiger partial charge is 0.490 e. The number of nitrogens with zero attached hydrogens (tertiary/aromatic N) is 1. The number of likely N-dealkylation sites (tertiary alicyclic amines) is 1. The molecule has 0 bridgehead atoms. The lowest BCUT2D eigenvalue weighted by atomic mass is 9.97. The number of carboxylic acid groups (broad SMARTS) is 1. The number of ether oxygens (including phenoxy) is 3. The lowest BCUT2D eigenvalue weighted by Gasteiger charge is -2.26. The van der Waals surface area contributed by atoms with Crippen LogP contribution in [-0.2, 0) is 9.53 Å². The second kappa shape index (κ2) is 8.89. The molecule has 1 atom stereocenters. The van der Waals surface area contributed by atoms with Crippen molar-refractivity contribution in [3.05, 3.63) is 23.8 Å². The van der Waals surface area contributed by atoms with Crippen LogP contribution in [-0.4, -0.2) is 60.9 Å². The van der Waals surface area contributed by atoms with E-state index in [-0.39, 0.29) is 11.5 Å². The molecule has 1 aliphatic rings. The van der Waals surface area contributed by atoms with E-state index in [2.05, 4.69) is 6.92 Å². The van der Waals surface area contributed by atoms with Gasteiger partial charge in [0.25, 0.3) is 5.91 Å². The van der Waals surface area contributed by atoms with E-state index < -0.39 is 12.6 Å². The lowest BCUT2D eigenvalue weighted by Crippen LogP contribution is -2.34. The fraction of sp³-hybridized carbons (Fsp3) is 0.579. The maximum atomic E-state index is 12.9. The predicted molar refractivity (Wildman–Crippen MR) is 95.9 cm³/mol. The Morgan fingerprint density at radius 3 is 2.62 bits per heavy atom. The van der Waals surface area contributed by atoms with E-state index in [9.17, 15) is 9.59 Å². The molecule has 1 aromatic rings. The molecule has 1 unspecified atom stereocenters. The number of methoxy groups -OCH3 is 1. The molecule has 0 radical (unpaired) electrons.